The fourth-order valence-corrected chi connectivity index (χ4v) is 3.13. The Bertz CT molecular complexity index is 672. The number of halogens is 1. The summed E-state index contributed by atoms with van der Waals surface area (Å²) in [6, 6.07) is 10.9. The minimum absolute atomic E-state index is 0.0643. The highest BCUT2D eigenvalue weighted by molar-refractivity contribution is 5.53. The number of hydrogen-bond acceptors (Lipinski definition) is 3. The van der Waals surface area contributed by atoms with E-state index in [9.17, 15) is 9.50 Å². The van der Waals surface area contributed by atoms with Crippen LogP contribution in [-0.4, -0.2) is 12.2 Å². The van der Waals surface area contributed by atoms with Crippen LogP contribution in [0.3, 0.4) is 0 Å². The van der Waals surface area contributed by atoms with Crippen LogP contribution in [0.15, 0.2) is 36.4 Å². The highest BCUT2D eigenvalue weighted by atomic mass is 19.1. The lowest BCUT2D eigenvalue weighted by atomic mass is 9.87. The maximum Gasteiger partial charge on any atom is 0.124 e. The van der Waals surface area contributed by atoms with Gasteiger partial charge in [-0.25, -0.2) is 4.39 Å². The van der Waals surface area contributed by atoms with Crippen LogP contribution in [0, 0.1) is 5.82 Å². The number of aryl methyl sites for hydroxylation is 1. The molecule has 2 aromatic carbocycles. The number of anilines is 1. The fourth-order valence-electron chi connectivity index (χ4n) is 3.13. The van der Waals surface area contributed by atoms with Crippen LogP contribution in [-0.2, 0) is 13.0 Å². The molecule has 0 spiro atoms. The molecule has 0 saturated carbocycles. The first-order chi connectivity index (χ1) is 10.7. The lowest BCUT2D eigenvalue weighted by molar-refractivity contribution is 0.274. The quantitative estimate of drug-likeness (QED) is 0.902. The standard InChI is InChI=1S/C18H20FNO2/c1-22-18-8-6-15(10-13(18)11-21)20-17-4-2-3-12-9-14(19)5-7-16(12)17/h5-10,17,20-21H,2-4,11H2,1H3. The number of ether oxygens (including phenoxy) is 1. The molecule has 0 bridgehead atoms. The van der Waals surface area contributed by atoms with E-state index in [0.717, 1.165) is 41.6 Å². The Hall–Kier alpha value is -2.07. The van der Waals surface area contributed by atoms with Crippen LogP contribution in [0.25, 0.3) is 0 Å². The topological polar surface area (TPSA) is 41.5 Å². The first kappa shape index (κ1) is 14.9. The Labute approximate surface area is 129 Å². The summed E-state index contributed by atoms with van der Waals surface area (Å²) in [7, 11) is 1.59. The van der Waals surface area contributed by atoms with Gasteiger partial charge >= 0.3 is 0 Å². The van der Waals surface area contributed by atoms with E-state index < -0.39 is 0 Å². The molecule has 0 aromatic heterocycles. The molecule has 1 atom stereocenters. The molecule has 0 radical (unpaired) electrons. The number of methoxy groups -OCH3 is 1. The van der Waals surface area contributed by atoms with Gasteiger partial charge in [-0.3, -0.25) is 0 Å². The van der Waals surface area contributed by atoms with Crippen LogP contribution in [0.2, 0.25) is 0 Å². The number of fused-ring (bicyclic) bond motifs is 1. The van der Waals surface area contributed by atoms with E-state index in [0.29, 0.717) is 5.75 Å². The third kappa shape index (κ3) is 2.92. The molecule has 1 aliphatic carbocycles. The van der Waals surface area contributed by atoms with Crippen molar-refractivity contribution in [3.63, 3.8) is 0 Å². The Kier molecular flexibility index (Phi) is 4.29. The summed E-state index contributed by atoms with van der Waals surface area (Å²) in [5.74, 6) is 0.505. The van der Waals surface area contributed by atoms with E-state index in [4.69, 9.17) is 4.74 Å². The summed E-state index contributed by atoms with van der Waals surface area (Å²) in [4.78, 5) is 0. The zero-order chi connectivity index (χ0) is 15.5. The van der Waals surface area contributed by atoms with Crippen LogP contribution in [0.1, 0.15) is 35.6 Å². The van der Waals surface area contributed by atoms with E-state index >= 15 is 0 Å². The van der Waals surface area contributed by atoms with E-state index in [1.807, 2.05) is 24.3 Å². The molecule has 3 nitrogen and oxygen atoms in total. The number of aliphatic hydroxyl groups excluding tert-OH is 1. The molecule has 1 unspecified atom stereocenters. The average Bonchev–Trinajstić information content (AvgIpc) is 2.54. The normalized spacial score (nSPS) is 17.0. The number of benzene rings is 2. The zero-order valence-corrected chi connectivity index (χ0v) is 12.6. The molecule has 4 heteroatoms. The van der Waals surface area contributed by atoms with Crippen molar-refractivity contribution in [1.82, 2.24) is 0 Å². The van der Waals surface area contributed by atoms with Gasteiger partial charge in [0.25, 0.3) is 0 Å². The summed E-state index contributed by atoms with van der Waals surface area (Å²) in [5, 5.41) is 12.9. The highest BCUT2D eigenvalue weighted by Gasteiger charge is 2.20. The van der Waals surface area contributed by atoms with Gasteiger partial charge in [0.1, 0.15) is 11.6 Å². The second-order valence-corrected chi connectivity index (χ2v) is 5.62. The van der Waals surface area contributed by atoms with E-state index in [2.05, 4.69) is 5.32 Å². The van der Waals surface area contributed by atoms with Gasteiger partial charge in [-0.05, 0) is 60.7 Å². The molecular formula is C18H20FNO2. The van der Waals surface area contributed by atoms with Crippen molar-refractivity contribution < 1.29 is 14.2 Å². The fraction of sp³-hybridized carbons (Fsp3) is 0.333. The molecule has 0 aliphatic heterocycles. The third-order valence-corrected chi connectivity index (χ3v) is 4.21. The molecule has 2 aromatic rings. The Morgan fingerprint density at radius 2 is 2.14 bits per heavy atom. The van der Waals surface area contributed by atoms with Crippen LogP contribution in [0.5, 0.6) is 5.75 Å². The Morgan fingerprint density at radius 1 is 1.27 bits per heavy atom. The SMILES string of the molecule is COc1ccc(NC2CCCc3cc(F)ccc32)cc1CO. The number of aliphatic hydroxyl groups is 1. The molecule has 0 amide bonds. The molecule has 1 aliphatic rings. The lowest BCUT2D eigenvalue weighted by Crippen LogP contribution is -2.17. The molecule has 116 valence electrons. The minimum Gasteiger partial charge on any atom is -0.496 e. The molecule has 22 heavy (non-hydrogen) atoms. The van der Waals surface area contributed by atoms with Crippen molar-refractivity contribution in [3.8, 4) is 5.75 Å². The van der Waals surface area contributed by atoms with Gasteiger partial charge in [-0.15, -0.1) is 0 Å². The lowest BCUT2D eigenvalue weighted by Gasteiger charge is -2.27. The monoisotopic (exact) mass is 301 g/mol. The number of hydrogen-bond donors (Lipinski definition) is 2. The average molecular weight is 301 g/mol. The van der Waals surface area contributed by atoms with Gasteiger partial charge in [0.15, 0.2) is 0 Å². The molecular weight excluding hydrogens is 281 g/mol. The molecule has 3 rings (SSSR count). The second kappa shape index (κ2) is 6.36. The van der Waals surface area contributed by atoms with Crippen LogP contribution >= 0.6 is 0 Å². The summed E-state index contributed by atoms with van der Waals surface area (Å²) in [6.45, 7) is -0.0643. The van der Waals surface area contributed by atoms with Gasteiger partial charge in [0.2, 0.25) is 0 Å². The Morgan fingerprint density at radius 3 is 2.91 bits per heavy atom. The summed E-state index contributed by atoms with van der Waals surface area (Å²) in [6.07, 6.45) is 2.98. The predicted molar refractivity (Wildman–Crippen MR) is 84.6 cm³/mol. The van der Waals surface area contributed by atoms with Crippen molar-refractivity contribution >= 4 is 5.69 Å². The van der Waals surface area contributed by atoms with E-state index in [-0.39, 0.29) is 18.5 Å². The molecule has 0 fully saturated rings. The number of rotatable bonds is 4. The molecule has 0 saturated heterocycles. The minimum atomic E-state index is -0.175. The zero-order valence-electron chi connectivity index (χ0n) is 12.6. The van der Waals surface area contributed by atoms with Crippen molar-refractivity contribution in [2.24, 2.45) is 0 Å². The first-order valence-electron chi connectivity index (χ1n) is 7.54. The highest BCUT2D eigenvalue weighted by Crippen LogP contribution is 2.34. The van der Waals surface area contributed by atoms with Crippen molar-refractivity contribution in [1.29, 1.82) is 0 Å². The summed E-state index contributed by atoms with van der Waals surface area (Å²) < 4.78 is 18.6. The van der Waals surface area contributed by atoms with Crippen LogP contribution < -0.4 is 10.1 Å². The first-order valence-corrected chi connectivity index (χ1v) is 7.54. The van der Waals surface area contributed by atoms with E-state index in [1.54, 1.807) is 13.2 Å². The van der Waals surface area contributed by atoms with Gasteiger partial charge in [-0.1, -0.05) is 6.07 Å². The summed E-state index contributed by atoms with van der Waals surface area (Å²) >= 11 is 0. The molecule has 2 N–H and O–H groups in total. The van der Waals surface area contributed by atoms with Crippen molar-refractivity contribution in [3.05, 3.63) is 58.9 Å². The van der Waals surface area contributed by atoms with Gasteiger partial charge in [-0.2, -0.15) is 0 Å². The van der Waals surface area contributed by atoms with Gasteiger partial charge < -0.3 is 15.2 Å². The number of nitrogens with one attached hydrogen (secondary N) is 1. The van der Waals surface area contributed by atoms with Crippen molar-refractivity contribution in [2.45, 2.75) is 31.9 Å². The van der Waals surface area contributed by atoms with Crippen molar-refractivity contribution in [2.75, 3.05) is 12.4 Å². The predicted octanol–water partition coefficient (Wildman–Crippen LogP) is 3.82. The largest absolute Gasteiger partial charge is 0.496 e. The van der Waals surface area contributed by atoms with Gasteiger partial charge in [0, 0.05) is 11.3 Å². The second-order valence-electron chi connectivity index (χ2n) is 5.62. The maximum absolute atomic E-state index is 13.4. The smallest absolute Gasteiger partial charge is 0.124 e. The summed E-state index contributed by atoms with van der Waals surface area (Å²) in [5.41, 5.74) is 3.93. The van der Waals surface area contributed by atoms with Crippen LogP contribution in [0.4, 0.5) is 10.1 Å². The third-order valence-electron chi connectivity index (χ3n) is 4.21. The molecule has 0 heterocycles. The van der Waals surface area contributed by atoms with Gasteiger partial charge in [0.05, 0.1) is 19.8 Å². The maximum atomic E-state index is 13.4. The Balaban J connectivity index is 1.85. The van der Waals surface area contributed by atoms with E-state index in [1.165, 1.54) is 6.07 Å².